The summed E-state index contributed by atoms with van der Waals surface area (Å²) in [5.41, 5.74) is 2.16. The molecule has 0 fully saturated rings. The Bertz CT molecular complexity index is 830. The van der Waals surface area contributed by atoms with Crippen LogP contribution in [0.4, 0.5) is 0 Å². The van der Waals surface area contributed by atoms with Crippen LogP contribution in [0.5, 0.6) is 11.5 Å². The Kier molecular flexibility index (Phi) is 5.07. The molecule has 0 unspecified atom stereocenters. The van der Waals surface area contributed by atoms with E-state index in [-0.39, 0.29) is 11.8 Å². The summed E-state index contributed by atoms with van der Waals surface area (Å²) < 4.78 is 11.1. The summed E-state index contributed by atoms with van der Waals surface area (Å²) in [4.78, 5) is 25.9. The van der Waals surface area contributed by atoms with Gasteiger partial charge < -0.3 is 14.8 Å². The third-order valence-electron chi connectivity index (χ3n) is 4.80. The highest BCUT2D eigenvalue weighted by Gasteiger charge is 2.34. The molecule has 0 aromatic heterocycles. The van der Waals surface area contributed by atoms with Crippen LogP contribution in [-0.4, -0.2) is 43.0 Å². The van der Waals surface area contributed by atoms with Crippen LogP contribution in [0, 0.1) is 0 Å². The molecule has 0 saturated heterocycles. The maximum atomic E-state index is 12.3. The van der Waals surface area contributed by atoms with Crippen molar-refractivity contribution in [2.75, 3.05) is 26.3 Å². The maximum Gasteiger partial charge on any atom is 0.261 e. The molecule has 0 atom stereocenters. The number of benzene rings is 2. The smallest absolute Gasteiger partial charge is 0.261 e. The number of ether oxygens (including phenoxy) is 2. The minimum Gasteiger partial charge on any atom is -0.486 e. The van der Waals surface area contributed by atoms with Gasteiger partial charge in [0.15, 0.2) is 11.5 Å². The lowest BCUT2D eigenvalue weighted by Gasteiger charge is -2.19. The van der Waals surface area contributed by atoms with Crippen LogP contribution in [0.15, 0.2) is 42.5 Å². The highest BCUT2D eigenvalue weighted by atomic mass is 16.6. The van der Waals surface area contributed by atoms with Gasteiger partial charge in [-0.25, -0.2) is 0 Å². The SMILES string of the molecule is O=C1c2ccccc2C(=O)N1CCCCNCc1ccc2c(c1)OCCO2. The Labute approximate surface area is 158 Å². The fourth-order valence-corrected chi connectivity index (χ4v) is 3.39. The number of amides is 2. The molecule has 2 aliphatic heterocycles. The molecule has 1 N–H and O–H groups in total. The molecule has 0 saturated carbocycles. The predicted octanol–water partition coefficient (Wildman–Crippen LogP) is 2.62. The molecule has 2 aliphatic rings. The van der Waals surface area contributed by atoms with Gasteiger partial charge in [0, 0.05) is 13.1 Å². The minimum absolute atomic E-state index is 0.181. The van der Waals surface area contributed by atoms with Crippen molar-refractivity contribution in [2.24, 2.45) is 0 Å². The first kappa shape index (κ1) is 17.5. The largest absolute Gasteiger partial charge is 0.486 e. The van der Waals surface area contributed by atoms with E-state index in [0.29, 0.717) is 30.9 Å². The van der Waals surface area contributed by atoms with E-state index in [0.717, 1.165) is 43.0 Å². The van der Waals surface area contributed by atoms with E-state index >= 15 is 0 Å². The molecule has 2 heterocycles. The van der Waals surface area contributed by atoms with E-state index in [1.807, 2.05) is 18.2 Å². The van der Waals surface area contributed by atoms with Gasteiger partial charge in [0.2, 0.25) is 0 Å². The fraction of sp³-hybridized carbons (Fsp3) is 0.333. The molecule has 0 spiro atoms. The average Bonchev–Trinajstić information content (AvgIpc) is 2.95. The average molecular weight is 366 g/mol. The number of rotatable bonds is 7. The number of unbranched alkanes of at least 4 members (excludes halogenated alkanes) is 1. The molecular weight excluding hydrogens is 344 g/mol. The van der Waals surface area contributed by atoms with Crippen molar-refractivity contribution >= 4 is 11.8 Å². The second-order valence-electron chi connectivity index (χ2n) is 6.67. The predicted molar refractivity (Wildman–Crippen MR) is 100 cm³/mol. The second kappa shape index (κ2) is 7.80. The number of imide groups is 1. The van der Waals surface area contributed by atoms with Crippen LogP contribution in [-0.2, 0) is 6.54 Å². The van der Waals surface area contributed by atoms with Crippen molar-refractivity contribution in [2.45, 2.75) is 19.4 Å². The molecular formula is C21H22N2O4. The van der Waals surface area contributed by atoms with Crippen LogP contribution in [0.2, 0.25) is 0 Å². The number of nitrogens with one attached hydrogen (secondary N) is 1. The molecule has 27 heavy (non-hydrogen) atoms. The summed E-state index contributed by atoms with van der Waals surface area (Å²) in [6, 6.07) is 13.0. The minimum atomic E-state index is -0.181. The Morgan fingerprint density at radius 3 is 2.33 bits per heavy atom. The number of hydrogen-bond donors (Lipinski definition) is 1. The molecule has 0 aliphatic carbocycles. The first-order valence-corrected chi connectivity index (χ1v) is 9.28. The summed E-state index contributed by atoms with van der Waals surface area (Å²) in [6.45, 7) is 3.19. The first-order valence-electron chi connectivity index (χ1n) is 9.28. The number of carbonyl (C=O) groups is 2. The van der Waals surface area contributed by atoms with Crippen LogP contribution >= 0.6 is 0 Å². The zero-order valence-corrected chi connectivity index (χ0v) is 15.1. The topological polar surface area (TPSA) is 67.9 Å². The number of carbonyl (C=O) groups excluding carboxylic acids is 2. The van der Waals surface area contributed by atoms with E-state index in [1.54, 1.807) is 24.3 Å². The van der Waals surface area contributed by atoms with Crippen LogP contribution in [0.1, 0.15) is 39.1 Å². The number of fused-ring (bicyclic) bond motifs is 2. The van der Waals surface area contributed by atoms with Crippen molar-refractivity contribution in [3.63, 3.8) is 0 Å². The Hall–Kier alpha value is -2.86. The Morgan fingerprint density at radius 1 is 0.889 bits per heavy atom. The quantitative estimate of drug-likeness (QED) is 0.603. The lowest BCUT2D eigenvalue weighted by Crippen LogP contribution is -2.31. The molecule has 4 rings (SSSR count). The Morgan fingerprint density at radius 2 is 1.59 bits per heavy atom. The normalized spacial score (nSPS) is 15.2. The van der Waals surface area contributed by atoms with Crippen molar-refractivity contribution in [3.8, 4) is 11.5 Å². The van der Waals surface area contributed by atoms with Gasteiger partial charge in [-0.1, -0.05) is 18.2 Å². The van der Waals surface area contributed by atoms with Gasteiger partial charge in [0.25, 0.3) is 11.8 Å². The third kappa shape index (κ3) is 3.66. The van der Waals surface area contributed by atoms with Crippen molar-refractivity contribution in [1.29, 1.82) is 0 Å². The molecule has 2 aromatic rings. The van der Waals surface area contributed by atoms with Gasteiger partial charge in [-0.15, -0.1) is 0 Å². The third-order valence-corrected chi connectivity index (χ3v) is 4.80. The maximum absolute atomic E-state index is 12.3. The molecule has 6 heteroatoms. The molecule has 6 nitrogen and oxygen atoms in total. The van der Waals surface area contributed by atoms with Crippen molar-refractivity contribution < 1.29 is 19.1 Å². The van der Waals surface area contributed by atoms with Gasteiger partial charge >= 0.3 is 0 Å². The van der Waals surface area contributed by atoms with Gasteiger partial charge in [-0.3, -0.25) is 14.5 Å². The van der Waals surface area contributed by atoms with Crippen molar-refractivity contribution in [1.82, 2.24) is 10.2 Å². The Balaban J connectivity index is 1.19. The summed E-state index contributed by atoms with van der Waals surface area (Å²) >= 11 is 0. The number of nitrogens with zero attached hydrogens (tertiary/aromatic N) is 1. The van der Waals surface area contributed by atoms with Crippen LogP contribution in [0.3, 0.4) is 0 Å². The first-order chi connectivity index (χ1) is 13.2. The van der Waals surface area contributed by atoms with Crippen molar-refractivity contribution in [3.05, 3.63) is 59.2 Å². The van der Waals surface area contributed by atoms with E-state index in [4.69, 9.17) is 9.47 Å². The fourth-order valence-electron chi connectivity index (χ4n) is 3.39. The lowest BCUT2D eigenvalue weighted by atomic mass is 10.1. The van der Waals surface area contributed by atoms with Gasteiger partial charge in [-0.2, -0.15) is 0 Å². The second-order valence-corrected chi connectivity index (χ2v) is 6.67. The van der Waals surface area contributed by atoms with E-state index in [2.05, 4.69) is 5.32 Å². The van der Waals surface area contributed by atoms with Crippen LogP contribution in [0.25, 0.3) is 0 Å². The van der Waals surface area contributed by atoms with E-state index in [1.165, 1.54) is 4.90 Å². The standard InChI is InChI=1S/C21H22N2O4/c24-20-16-5-1-2-6-17(16)21(25)23(20)10-4-3-9-22-14-15-7-8-18-19(13-15)27-12-11-26-18/h1-2,5-8,13,22H,3-4,9-12,14H2. The van der Waals surface area contributed by atoms with Gasteiger partial charge in [0.05, 0.1) is 11.1 Å². The monoisotopic (exact) mass is 366 g/mol. The van der Waals surface area contributed by atoms with E-state index < -0.39 is 0 Å². The molecule has 0 bridgehead atoms. The van der Waals surface area contributed by atoms with Crippen LogP contribution < -0.4 is 14.8 Å². The molecule has 140 valence electrons. The summed E-state index contributed by atoms with van der Waals surface area (Å²) in [5, 5.41) is 3.39. The summed E-state index contributed by atoms with van der Waals surface area (Å²) in [5.74, 6) is 1.23. The zero-order valence-electron chi connectivity index (χ0n) is 15.1. The number of hydrogen-bond acceptors (Lipinski definition) is 5. The summed E-state index contributed by atoms with van der Waals surface area (Å²) in [6.07, 6.45) is 1.66. The van der Waals surface area contributed by atoms with Gasteiger partial charge in [-0.05, 0) is 49.2 Å². The van der Waals surface area contributed by atoms with Gasteiger partial charge in [0.1, 0.15) is 13.2 Å². The molecule has 2 aromatic carbocycles. The highest BCUT2D eigenvalue weighted by molar-refractivity contribution is 6.21. The molecule has 0 radical (unpaired) electrons. The zero-order chi connectivity index (χ0) is 18.6. The van der Waals surface area contributed by atoms with E-state index in [9.17, 15) is 9.59 Å². The molecule has 2 amide bonds. The highest BCUT2D eigenvalue weighted by Crippen LogP contribution is 2.30. The summed E-state index contributed by atoms with van der Waals surface area (Å²) in [7, 11) is 0. The lowest BCUT2D eigenvalue weighted by molar-refractivity contribution is 0.0651.